The van der Waals surface area contributed by atoms with E-state index in [0.29, 0.717) is 6.04 Å². The summed E-state index contributed by atoms with van der Waals surface area (Å²) in [6.07, 6.45) is 0. The predicted molar refractivity (Wildman–Crippen MR) is 105 cm³/mol. The molecule has 1 saturated heterocycles. The second kappa shape index (κ2) is 10.6. The molecule has 0 aromatic heterocycles. The Kier molecular flexibility index (Phi) is 8.42. The molecule has 1 aliphatic heterocycles. The van der Waals surface area contributed by atoms with Gasteiger partial charge in [0.2, 0.25) is 0 Å². The Bertz CT molecular complexity index is 485. The zero-order valence-electron chi connectivity index (χ0n) is 15.2. The van der Waals surface area contributed by atoms with Gasteiger partial charge in [0.15, 0.2) is 5.96 Å². The van der Waals surface area contributed by atoms with Gasteiger partial charge in [0.05, 0.1) is 0 Å². The quantitative estimate of drug-likeness (QED) is 0.339. The molecule has 0 aliphatic carbocycles. The molecule has 0 amide bonds. The molecule has 134 valence electrons. The van der Waals surface area contributed by atoms with Gasteiger partial charge in [-0.15, -0.1) is 11.8 Å². The molecule has 0 radical (unpaired) electrons. The average Bonchev–Trinajstić information content (AvgIpc) is 2.62. The van der Waals surface area contributed by atoms with Crippen LogP contribution < -0.4 is 10.6 Å². The first-order chi connectivity index (χ1) is 11.7. The highest BCUT2D eigenvalue weighted by Gasteiger charge is 2.18. The minimum atomic E-state index is 0.524. The molecular formula is C18H31N5S. The number of hydrogen-bond acceptors (Lipinski definition) is 4. The summed E-state index contributed by atoms with van der Waals surface area (Å²) in [6, 6.07) is 11.0. The zero-order valence-corrected chi connectivity index (χ0v) is 16.0. The van der Waals surface area contributed by atoms with Crippen molar-refractivity contribution in [3.63, 3.8) is 0 Å². The van der Waals surface area contributed by atoms with Crippen LogP contribution in [0.15, 0.2) is 40.2 Å². The number of nitrogens with zero attached hydrogens (tertiary/aromatic N) is 3. The fourth-order valence-electron chi connectivity index (χ4n) is 2.71. The van der Waals surface area contributed by atoms with Gasteiger partial charge in [-0.05, 0) is 26.1 Å². The van der Waals surface area contributed by atoms with Crippen LogP contribution in [0.2, 0.25) is 0 Å². The lowest BCUT2D eigenvalue weighted by atomic mass is 10.2. The van der Waals surface area contributed by atoms with Gasteiger partial charge in [-0.2, -0.15) is 0 Å². The Hall–Kier alpha value is -1.24. The number of benzene rings is 1. The van der Waals surface area contributed by atoms with Crippen LogP contribution in [-0.2, 0) is 0 Å². The maximum atomic E-state index is 4.32. The van der Waals surface area contributed by atoms with Gasteiger partial charge in [-0.1, -0.05) is 18.2 Å². The van der Waals surface area contributed by atoms with Gasteiger partial charge < -0.3 is 15.5 Å². The second-order valence-electron chi connectivity index (χ2n) is 6.23. The minimum absolute atomic E-state index is 0.524. The highest BCUT2D eigenvalue weighted by molar-refractivity contribution is 7.99. The number of thioether (sulfide) groups is 1. The van der Waals surface area contributed by atoms with Crippen molar-refractivity contribution in [1.29, 1.82) is 0 Å². The van der Waals surface area contributed by atoms with Gasteiger partial charge in [0.1, 0.15) is 0 Å². The van der Waals surface area contributed by atoms with Crippen LogP contribution >= 0.6 is 11.8 Å². The van der Waals surface area contributed by atoms with E-state index in [4.69, 9.17) is 0 Å². The first kappa shape index (κ1) is 19.1. The molecule has 1 atom stereocenters. The molecule has 0 bridgehead atoms. The average molecular weight is 350 g/mol. The molecule has 1 aliphatic rings. The van der Waals surface area contributed by atoms with Crippen LogP contribution in [0.5, 0.6) is 0 Å². The number of likely N-dealkylation sites (N-methyl/N-ethyl adjacent to an activating group) is 1. The molecule has 1 unspecified atom stereocenters. The van der Waals surface area contributed by atoms with E-state index in [9.17, 15) is 0 Å². The van der Waals surface area contributed by atoms with E-state index in [1.807, 2.05) is 18.8 Å². The van der Waals surface area contributed by atoms with Gasteiger partial charge in [0, 0.05) is 63.0 Å². The molecule has 6 heteroatoms. The number of rotatable bonds is 7. The maximum absolute atomic E-state index is 4.32. The fraction of sp³-hybridized carbons (Fsp3) is 0.611. The Balaban J connectivity index is 1.61. The van der Waals surface area contributed by atoms with Crippen LogP contribution in [0, 0.1) is 0 Å². The summed E-state index contributed by atoms with van der Waals surface area (Å²) in [7, 11) is 4.03. The Labute approximate surface area is 150 Å². The minimum Gasteiger partial charge on any atom is -0.356 e. The monoisotopic (exact) mass is 349 g/mol. The van der Waals surface area contributed by atoms with Crippen LogP contribution in [0.4, 0.5) is 0 Å². The van der Waals surface area contributed by atoms with E-state index in [0.717, 1.165) is 51.0 Å². The van der Waals surface area contributed by atoms with E-state index < -0.39 is 0 Å². The van der Waals surface area contributed by atoms with Crippen molar-refractivity contribution in [3.8, 4) is 0 Å². The second-order valence-corrected chi connectivity index (χ2v) is 7.40. The normalized spacial score (nSPS) is 18.4. The van der Waals surface area contributed by atoms with Gasteiger partial charge >= 0.3 is 0 Å². The fourth-order valence-corrected chi connectivity index (χ4v) is 3.50. The van der Waals surface area contributed by atoms with Crippen molar-refractivity contribution >= 4 is 17.7 Å². The summed E-state index contributed by atoms with van der Waals surface area (Å²) in [5.74, 6) is 1.92. The van der Waals surface area contributed by atoms with E-state index >= 15 is 0 Å². The Morgan fingerprint density at radius 3 is 2.54 bits per heavy atom. The summed E-state index contributed by atoms with van der Waals surface area (Å²) in [5, 5.41) is 6.85. The molecule has 2 N–H and O–H groups in total. The number of hydrogen-bond donors (Lipinski definition) is 2. The van der Waals surface area contributed by atoms with Gasteiger partial charge in [-0.3, -0.25) is 9.89 Å². The molecule has 1 aromatic carbocycles. The molecule has 24 heavy (non-hydrogen) atoms. The third kappa shape index (κ3) is 6.71. The summed E-state index contributed by atoms with van der Waals surface area (Å²) in [4.78, 5) is 10.6. The SMILES string of the molecule is CN=C(NCCSc1ccccc1)NCC(C)N1CCN(C)CC1. The first-order valence-corrected chi connectivity index (χ1v) is 9.72. The molecule has 1 aromatic rings. The standard InChI is InChI=1S/C18H31N5S/c1-16(23-12-10-22(3)11-13-23)15-21-18(19-2)20-9-14-24-17-7-5-4-6-8-17/h4-8,16H,9-15H2,1-3H3,(H2,19,20,21). The number of piperazine rings is 1. The summed E-state index contributed by atoms with van der Waals surface area (Å²) in [5.41, 5.74) is 0. The zero-order chi connectivity index (χ0) is 17.2. The lowest BCUT2D eigenvalue weighted by molar-refractivity contribution is 0.120. The highest BCUT2D eigenvalue weighted by Crippen LogP contribution is 2.15. The third-order valence-electron chi connectivity index (χ3n) is 4.36. The van der Waals surface area contributed by atoms with Gasteiger partial charge in [-0.25, -0.2) is 0 Å². The molecule has 1 heterocycles. The van der Waals surface area contributed by atoms with Crippen molar-refractivity contribution < 1.29 is 0 Å². The van der Waals surface area contributed by atoms with Crippen molar-refractivity contribution in [2.45, 2.75) is 17.9 Å². The lowest BCUT2D eigenvalue weighted by Crippen LogP contribution is -2.52. The molecule has 5 nitrogen and oxygen atoms in total. The molecule has 1 fully saturated rings. The van der Waals surface area contributed by atoms with Crippen molar-refractivity contribution in [2.75, 3.05) is 59.1 Å². The topological polar surface area (TPSA) is 42.9 Å². The van der Waals surface area contributed by atoms with Crippen molar-refractivity contribution in [2.24, 2.45) is 4.99 Å². The van der Waals surface area contributed by atoms with Crippen molar-refractivity contribution in [3.05, 3.63) is 30.3 Å². The molecule has 2 rings (SSSR count). The van der Waals surface area contributed by atoms with Gasteiger partial charge in [0.25, 0.3) is 0 Å². The molecule has 0 saturated carbocycles. The smallest absolute Gasteiger partial charge is 0.191 e. The molecule has 0 spiro atoms. The Morgan fingerprint density at radius 2 is 1.88 bits per heavy atom. The van der Waals surface area contributed by atoms with E-state index in [2.05, 4.69) is 69.7 Å². The highest BCUT2D eigenvalue weighted by atomic mass is 32.2. The summed E-state index contributed by atoms with van der Waals surface area (Å²) in [6.45, 7) is 8.74. The summed E-state index contributed by atoms with van der Waals surface area (Å²) < 4.78 is 0. The van der Waals surface area contributed by atoms with Crippen LogP contribution in [0.25, 0.3) is 0 Å². The number of guanidine groups is 1. The lowest BCUT2D eigenvalue weighted by Gasteiger charge is -2.36. The number of nitrogens with one attached hydrogen (secondary N) is 2. The first-order valence-electron chi connectivity index (χ1n) is 8.74. The van der Waals surface area contributed by atoms with Crippen LogP contribution in [-0.4, -0.2) is 80.9 Å². The van der Waals surface area contributed by atoms with E-state index in [1.54, 1.807) is 0 Å². The number of aliphatic imine (C=N–C) groups is 1. The van der Waals surface area contributed by atoms with Crippen molar-refractivity contribution in [1.82, 2.24) is 20.4 Å². The summed E-state index contributed by atoms with van der Waals surface area (Å²) >= 11 is 1.86. The van der Waals surface area contributed by atoms with E-state index in [-0.39, 0.29) is 0 Å². The third-order valence-corrected chi connectivity index (χ3v) is 5.37. The van der Waals surface area contributed by atoms with Crippen LogP contribution in [0.1, 0.15) is 6.92 Å². The maximum Gasteiger partial charge on any atom is 0.191 e. The Morgan fingerprint density at radius 1 is 1.17 bits per heavy atom. The predicted octanol–water partition coefficient (Wildman–Crippen LogP) is 1.58. The van der Waals surface area contributed by atoms with E-state index in [1.165, 1.54) is 4.90 Å². The largest absolute Gasteiger partial charge is 0.356 e. The molecular weight excluding hydrogens is 318 g/mol. The van der Waals surface area contributed by atoms with Crippen LogP contribution in [0.3, 0.4) is 0 Å².